The van der Waals surface area contributed by atoms with Gasteiger partial charge in [0.2, 0.25) is 0 Å². The van der Waals surface area contributed by atoms with Crippen LogP contribution < -0.4 is 10.1 Å². The highest BCUT2D eigenvalue weighted by Crippen LogP contribution is 2.25. The van der Waals surface area contributed by atoms with Crippen molar-refractivity contribution in [2.75, 3.05) is 18.5 Å². The number of hydrogen-bond acceptors (Lipinski definition) is 5. The fourth-order valence-electron chi connectivity index (χ4n) is 2.41. The fourth-order valence-corrected chi connectivity index (χ4v) is 2.41. The highest BCUT2D eigenvalue weighted by atomic mass is 16.6. The number of nitriles is 1. The van der Waals surface area contributed by atoms with Crippen molar-refractivity contribution in [3.05, 3.63) is 59.7 Å². The highest BCUT2D eigenvalue weighted by Gasteiger charge is 2.11. The number of benzene rings is 2. The number of ether oxygens (including phenoxy) is 2. The van der Waals surface area contributed by atoms with Crippen molar-refractivity contribution in [1.29, 1.82) is 5.26 Å². The average Bonchev–Trinajstić information content (AvgIpc) is 2.66. The lowest BCUT2D eigenvalue weighted by Crippen LogP contribution is -2.23. The number of hydrogen-bond donors (Lipinski definition) is 1. The second-order valence-electron chi connectivity index (χ2n) is 6.22. The zero-order chi connectivity index (χ0) is 19.6. The van der Waals surface area contributed by atoms with Gasteiger partial charge in [0.05, 0.1) is 12.5 Å². The number of anilines is 1. The maximum Gasteiger partial charge on any atom is 0.344 e. The van der Waals surface area contributed by atoms with Crippen molar-refractivity contribution in [2.45, 2.75) is 26.2 Å². The van der Waals surface area contributed by atoms with Gasteiger partial charge in [-0.2, -0.15) is 5.26 Å². The number of carbonyl (C=O) groups excluding carboxylic acids is 2. The van der Waals surface area contributed by atoms with Gasteiger partial charge in [-0.25, -0.2) is 4.79 Å². The largest absolute Gasteiger partial charge is 0.482 e. The van der Waals surface area contributed by atoms with E-state index in [0.717, 1.165) is 11.1 Å². The molecule has 0 unspecified atom stereocenters. The van der Waals surface area contributed by atoms with Gasteiger partial charge in [-0.1, -0.05) is 44.2 Å². The molecule has 0 bridgehead atoms. The third kappa shape index (κ3) is 6.48. The molecular weight excluding hydrogens is 344 g/mol. The van der Waals surface area contributed by atoms with Crippen LogP contribution in [0.2, 0.25) is 0 Å². The predicted molar refractivity (Wildman–Crippen MR) is 101 cm³/mol. The van der Waals surface area contributed by atoms with Gasteiger partial charge in [-0.15, -0.1) is 0 Å². The predicted octanol–water partition coefficient (Wildman–Crippen LogP) is 3.44. The third-order valence-electron chi connectivity index (χ3n) is 3.77. The normalized spacial score (nSPS) is 10.1. The quantitative estimate of drug-likeness (QED) is 0.723. The summed E-state index contributed by atoms with van der Waals surface area (Å²) in [6.45, 7) is 3.42. The van der Waals surface area contributed by atoms with Crippen molar-refractivity contribution in [3.63, 3.8) is 0 Å². The maximum absolute atomic E-state index is 11.9. The van der Waals surface area contributed by atoms with E-state index in [0.29, 0.717) is 17.9 Å². The Bertz CT molecular complexity index is 823. The van der Waals surface area contributed by atoms with E-state index in [1.807, 2.05) is 32.0 Å². The molecule has 6 nitrogen and oxygen atoms in total. The molecular formula is C21H22N2O4. The van der Waals surface area contributed by atoms with Gasteiger partial charge in [0, 0.05) is 5.69 Å². The van der Waals surface area contributed by atoms with Crippen LogP contribution in [-0.2, 0) is 20.7 Å². The van der Waals surface area contributed by atoms with Crippen molar-refractivity contribution < 1.29 is 19.1 Å². The molecule has 0 heterocycles. The Morgan fingerprint density at radius 1 is 1.07 bits per heavy atom. The summed E-state index contributed by atoms with van der Waals surface area (Å²) >= 11 is 0. The van der Waals surface area contributed by atoms with Gasteiger partial charge in [-0.05, 0) is 35.2 Å². The first kappa shape index (κ1) is 20.0. The summed E-state index contributed by atoms with van der Waals surface area (Å²) in [6, 6.07) is 16.4. The van der Waals surface area contributed by atoms with E-state index in [1.54, 1.807) is 30.3 Å². The molecule has 140 valence electrons. The SMILES string of the molecule is CC(C)c1ccccc1OCC(=O)OCC(=O)Nc1ccc(CC#N)cc1. The van der Waals surface area contributed by atoms with E-state index in [-0.39, 0.29) is 12.5 Å². The Balaban J connectivity index is 1.77. The summed E-state index contributed by atoms with van der Waals surface area (Å²) < 4.78 is 10.5. The van der Waals surface area contributed by atoms with Crippen LogP contribution >= 0.6 is 0 Å². The second kappa shape index (κ2) is 9.97. The number of para-hydroxylation sites is 1. The maximum atomic E-state index is 11.9. The molecule has 0 radical (unpaired) electrons. The number of carbonyl (C=O) groups is 2. The van der Waals surface area contributed by atoms with Crippen LogP contribution in [0.15, 0.2) is 48.5 Å². The molecule has 0 aliphatic heterocycles. The van der Waals surface area contributed by atoms with Gasteiger partial charge in [0.15, 0.2) is 13.2 Å². The molecule has 0 aliphatic rings. The monoisotopic (exact) mass is 366 g/mol. The highest BCUT2D eigenvalue weighted by molar-refractivity contribution is 5.92. The van der Waals surface area contributed by atoms with Crippen LogP contribution in [0.3, 0.4) is 0 Å². The van der Waals surface area contributed by atoms with Crippen LogP contribution in [0.1, 0.15) is 30.9 Å². The minimum Gasteiger partial charge on any atom is -0.482 e. The molecule has 0 spiro atoms. The molecule has 6 heteroatoms. The molecule has 0 atom stereocenters. The molecule has 0 fully saturated rings. The van der Waals surface area contributed by atoms with Crippen molar-refractivity contribution >= 4 is 17.6 Å². The van der Waals surface area contributed by atoms with Gasteiger partial charge < -0.3 is 14.8 Å². The van der Waals surface area contributed by atoms with Crippen molar-refractivity contribution in [2.24, 2.45) is 0 Å². The van der Waals surface area contributed by atoms with E-state index in [2.05, 4.69) is 11.4 Å². The van der Waals surface area contributed by atoms with Gasteiger partial charge in [0.25, 0.3) is 5.91 Å². The molecule has 1 amide bonds. The molecule has 27 heavy (non-hydrogen) atoms. The lowest BCUT2D eigenvalue weighted by molar-refractivity contribution is -0.149. The molecule has 1 N–H and O–H groups in total. The standard InChI is InChI=1S/C21H22N2O4/c1-15(2)18-5-3-4-6-19(18)26-14-21(25)27-13-20(24)23-17-9-7-16(8-10-17)11-12-22/h3-10,15H,11,13-14H2,1-2H3,(H,23,24). The number of rotatable bonds is 8. The van der Waals surface area contributed by atoms with Crippen molar-refractivity contribution in [1.82, 2.24) is 0 Å². The summed E-state index contributed by atoms with van der Waals surface area (Å²) in [6.07, 6.45) is 0.311. The Labute approximate surface area is 158 Å². The first-order valence-electron chi connectivity index (χ1n) is 8.62. The zero-order valence-corrected chi connectivity index (χ0v) is 15.4. The number of esters is 1. The Hall–Kier alpha value is -3.33. The van der Waals surface area contributed by atoms with Crippen LogP contribution in [-0.4, -0.2) is 25.1 Å². The van der Waals surface area contributed by atoms with Crippen LogP contribution in [0, 0.1) is 11.3 Å². The number of amides is 1. The third-order valence-corrected chi connectivity index (χ3v) is 3.77. The summed E-state index contributed by atoms with van der Waals surface area (Å²) in [7, 11) is 0. The van der Waals surface area contributed by atoms with Crippen LogP contribution in [0.25, 0.3) is 0 Å². The summed E-state index contributed by atoms with van der Waals surface area (Å²) in [5.74, 6) is -0.166. The molecule has 0 aromatic heterocycles. The molecule has 0 saturated heterocycles. The molecule has 2 rings (SSSR count). The van der Waals surface area contributed by atoms with Gasteiger partial charge >= 0.3 is 5.97 Å². The van der Waals surface area contributed by atoms with Gasteiger partial charge in [-0.3, -0.25) is 4.79 Å². The number of nitrogens with one attached hydrogen (secondary N) is 1. The van der Waals surface area contributed by atoms with E-state index in [1.165, 1.54) is 0 Å². The van der Waals surface area contributed by atoms with Crippen LogP contribution in [0.4, 0.5) is 5.69 Å². The Morgan fingerprint density at radius 3 is 2.44 bits per heavy atom. The van der Waals surface area contributed by atoms with E-state index in [4.69, 9.17) is 14.7 Å². The summed E-state index contributed by atoms with van der Waals surface area (Å²) in [4.78, 5) is 23.7. The van der Waals surface area contributed by atoms with E-state index < -0.39 is 18.5 Å². The molecule has 0 aliphatic carbocycles. The zero-order valence-electron chi connectivity index (χ0n) is 15.4. The van der Waals surface area contributed by atoms with Gasteiger partial charge in [0.1, 0.15) is 5.75 Å². The van der Waals surface area contributed by atoms with Crippen molar-refractivity contribution in [3.8, 4) is 11.8 Å². The van der Waals surface area contributed by atoms with Crippen LogP contribution in [0.5, 0.6) is 5.75 Å². The lowest BCUT2D eigenvalue weighted by atomic mass is 10.0. The van der Waals surface area contributed by atoms with E-state index in [9.17, 15) is 9.59 Å². The molecule has 2 aromatic rings. The topological polar surface area (TPSA) is 88.4 Å². The fraction of sp³-hybridized carbons (Fsp3) is 0.286. The minimum atomic E-state index is -0.618. The molecule has 0 saturated carbocycles. The first-order chi connectivity index (χ1) is 13.0. The summed E-state index contributed by atoms with van der Waals surface area (Å²) in [5.41, 5.74) is 2.43. The Morgan fingerprint density at radius 2 is 1.78 bits per heavy atom. The lowest BCUT2D eigenvalue weighted by Gasteiger charge is -2.13. The summed E-state index contributed by atoms with van der Waals surface area (Å²) in [5, 5.41) is 11.3. The average molecular weight is 366 g/mol. The minimum absolute atomic E-state index is 0.264. The number of nitrogens with zero attached hydrogens (tertiary/aromatic N) is 1. The Kier molecular flexibility index (Phi) is 7.38. The smallest absolute Gasteiger partial charge is 0.344 e. The molecule has 2 aromatic carbocycles. The second-order valence-corrected chi connectivity index (χ2v) is 6.22. The first-order valence-corrected chi connectivity index (χ1v) is 8.62. The van der Waals surface area contributed by atoms with E-state index >= 15 is 0 Å².